The number of aromatic nitrogens is 1. The highest BCUT2D eigenvalue weighted by molar-refractivity contribution is 7.14. The Kier molecular flexibility index (Phi) is 6.60. The number of anilines is 1. The lowest BCUT2D eigenvalue weighted by molar-refractivity contribution is -0.144. The maximum atomic E-state index is 12.6. The minimum Gasteiger partial charge on any atom is -0.488 e. The van der Waals surface area contributed by atoms with Gasteiger partial charge < -0.3 is 19.6 Å². The SMILES string of the molecule is Cc1ccc(OCc2ccc(C(=O)N3CCC3)cc2C)c(-c2csc(N3CC4CC[C@@H](C3)C4C(=O)O)n2)c1. The molecule has 3 atom stereocenters. The minimum atomic E-state index is -0.647. The molecule has 3 aliphatic rings. The Morgan fingerprint density at radius 1 is 1.08 bits per heavy atom. The number of likely N-dealkylation sites (tertiary alicyclic amines) is 1. The number of carboxylic acids is 1. The average Bonchev–Trinajstić information content (AvgIpc) is 3.45. The van der Waals surface area contributed by atoms with Gasteiger partial charge in [0, 0.05) is 42.7 Å². The summed E-state index contributed by atoms with van der Waals surface area (Å²) in [7, 11) is 0. The van der Waals surface area contributed by atoms with E-state index in [-0.39, 0.29) is 23.7 Å². The van der Waals surface area contributed by atoms with Gasteiger partial charge in [-0.1, -0.05) is 17.7 Å². The zero-order valence-corrected chi connectivity index (χ0v) is 22.7. The molecule has 2 aromatic carbocycles. The quantitative estimate of drug-likeness (QED) is 0.440. The summed E-state index contributed by atoms with van der Waals surface area (Å²) < 4.78 is 6.32. The van der Waals surface area contributed by atoms with E-state index >= 15 is 0 Å². The maximum absolute atomic E-state index is 12.6. The van der Waals surface area contributed by atoms with Gasteiger partial charge in [-0.05, 0) is 80.3 Å². The van der Waals surface area contributed by atoms with Crippen molar-refractivity contribution in [3.63, 3.8) is 0 Å². The van der Waals surface area contributed by atoms with Crippen molar-refractivity contribution in [2.75, 3.05) is 31.1 Å². The Bertz CT molecular complexity index is 1370. The van der Waals surface area contributed by atoms with Crippen LogP contribution in [0.3, 0.4) is 0 Å². The van der Waals surface area contributed by atoms with Crippen molar-refractivity contribution >= 4 is 28.3 Å². The van der Waals surface area contributed by atoms with Crippen molar-refractivity contribution in [2.45, 2.75) is 39.7 Å². The van der Waals surface area contributed by atoms with Crippen molar-refractivity contribution in [3.8, 4) is 17.0 Å². The lowest BCUT2D eigenvalue weighted by atomic mass is 9.85. The van der Waals surface area contributed by atoms with Crippen LogP contribution in [0.1, 0.15) is 46.3 Å². The second-order valence-electron chi connectivity index (χ2n) is 11.0. The van der Waals surface area contributed by atoms with Crippen LogP contribution in [-0.2, 0) is 11.4 Å². The molecule has 2 bridgehead atoms. The monoisotopic (exact) mass is 531 g/mol. The molecule has 1 aliphatic carbocycles. The van der Waals surface area contributed by atoms with E-state index in [9.17, 15) is 14.7 Å². The zero-order valence-electron chi connectivity index (χ0n) is 21.9. The van der Waals surface area contributed by atoms with E-state index < -0.39 is 5.97 Å². The molecular formula is C30H33N3O4S. The van der Waals surface area contributed by atoms with E-state index in [1.165, 1.54) is 0 Å². The smallest absolute Gasteiger partial charge is 0.307 e. The highest BCUT2D eigenvalue weighted by Gasteiger charge is 2.46. The molecule has 1 aromatic heterocycles. The molecule has 2 aliphatic heterocycles. The van der Waals surface area contributed by atoms with Gasteiger partial charge in [0.1, 0.15) is 12.4 Å². The fourth-order valence-corrected chi connectivity index (χ4v) is 6.98. The molecule has 3 heterocycles. The largest absolute Gasteiger partial charge is 0.488 e. The first-order valence-electron chi connectivity index (χ1n) is 13.4. The van der Waals surface area contributed by atoms with Crippen LogP contribution in [0, 0.1) is 31.6 Å². The van der Waals surface area contributed by atoms with E-state index in [4.69, 9.17) is 9.72 Å². The van der Waals surface area contributed by atoms with Crippen LogP contribution in [-0.4, -0.2) is 53.0 Å². The molecule has 6 rings (SSSR count). The van der Waals surface area contributed by atoms with Crippen molar-refractivity contribution in [2.24, 2.45) is 17.8 Å². The standard InChI is InChI=1S/C30H33N3O4S/c1-18-4-9-26(37-16-23-8-5-20(13-19(23)2)28(34)32-10-3-11-32)24(12-18)25-17-38-30(31-25)33-14-21-6-7-22(15-33)27(21)29(35)36/h4-5,8-9,12-13,17,21-22,27H,3,6-7,10-11,14-16H2,1-2H3,(H,35,36)/t21-,22?,27?/m0/s1. The summed E-state index contributed by atoms with van der Waals surface area (Å²) in [4.78, 5) is 33.4. The number of rotatable bonds is 7. The highest BCUT2D eigenvalue weighted by atomic mass is 32.1. The second kappa shape index (κ2) is 10.1. The summed E-state index contributed by atoms with van der Waals surface area (Å²) >= 11 is 1.61. The number of piperidine rings is 1. The Hall–Kier alpha value is -3.39. The highest BCUT2D eigenvalue weighted by Crippen LogP contribution is 2.44. The van der Waals surface area contributed by atoms with E-state index in [0.29, 0.717) is 6.61 Å². The Morgan fingerprint density at radius 3 is 2.50 bits per heavy atom. The van der Waals surface area contributed by atoms with Gasteiger partial charge in [-0.2, -0.15) is 0 Å². The molecule has 3 fully saturated rings. The van der Waals surface area contributed by atoms with Gasteiger partial charge in [0.25, 0.3) is 5.91 Å². The van der Waals surface area contributed by atoms with Crippen LogP contribution in [0.15, 0.2) is 41.8 Å². The number of amides is 1. The van der Waals surface area contributed by atoms with Crippen molar-refractivity contribution < 1.29 is 19.4 Å². The average molecular weight is 532 g/mol. The molecule has 198 valence electrons. The molecular weight excluding hydrogens is 498 g/mol. The van der Waals surface area contributed by atoms with Crippen LogP contribution >= 0.6 is 11.3 Å². The first kappa shape index (κ1) is 24.9. The molecule has 1 N–H and O–H groups in total. The van der Waals surface area contributed by atoms with Gasteiger partial charge in [0.15, 0.2) is 5.13 Å². The molecule has 2 unspecified atom stereocenters. The molecule has 1 saturated carbocycles. The first-order chi connectivity index (χ1) is 18.4. The Morgan fingerprint density at radius 2 is 1.84 bits per heavy atom. The maximum Gasteiger partial charge on any atom is 0.307 e. The van der Waals surface area contributed by atoms with E-state index in [2.05, 4.69) is 23.3 Å². The van der Waals surface area contributed by atoms with Crippen LogP contribution in [0.2, 0.25) is 0 Å². The summed E-state index contributed by atoms with van der Waals surface area (Å²) in [6, 6.07) is 12.0. The second-order valence-corrected chi connectivity index (χ2v) is 11.8. The van der Waals surface area contributed by atoms with Gasteiger partial charge in [-0.3, -0.25) is 9.59 Å². The third-order valence-electron chi connectivity index (χ3n) is 8.41. The van der Waals surface area contributed by atoms with Gasteiger partial charge in [-0.25, -0.2) is 4.98 Å². The number of aliphatic carboxylic acids is 1. The number of thiazole rings is 1. The number of carbonyl (C=O) groups is 2. The zero-order chi connectivity index (χ0) is 26.4. The van der Waals surface area contributed by atoms with Gasteiger partial charge in [-0.15, -0.1) is 11.3 Å². The van der Waals surface area contributed by atoms with Crippen molar-refractivity contribution in [1.29, 1.82) is 0 Å². The number of carbonyl (C=O) groups excluding carboxylic acids is 1. The molecule has 8 heteroatoms. The van der Waals surface area contributed by atoms with Crippen LogP contribution < -0.4 is 9.64 Å². The summed E-state index contributed by atoms with van der Waals surface area (Å²) in [5.41, 5.74) is 5.79. The molecule has 7 nitrogen and oxygen atoms in total. The van der Waals surface area contributed by atoms with Gasteiger partial charge in [0.2, 0.25) is 0 Å². The topological polar surface area (TPSA) is 83.0 Å². The number of hydrogen-bond acceptors (Lipinski definition) is 6. The number of benzene rings is 2. The Labute approximate surface area is 227 Å². The fraction of sp³-hybridized carbons (Fsp3) is 0.433. The predicted molar refractivity (Wildman–Crippen MR) is 148 cm³/mol. The molecule has 1 amide bonds. The number of nitrogens with zero attached hydrogens (tertiary/aromatic N) is 3. The molecule has 3 aromatic rings. The predicted octanol–water partition coefficient (Wildman–Crippen LogP) is 5.40. The number of fused-ring (bicyclic) bond motifs is 2. The molecule has 0 spiro atoms. The van der Waals surface area contributed by atoms with Crippen LogP contribution in [0.5, 0.6) is 5.75 Å². The normalized spacial score (nSPS) is 22.3. The third kappa shape index (κ3) is 4.66. The number of ether oxygens (including phenoxy) is 1. The van der Waals surface area contributed by atoms with Crippen LogP contribution in [0.4, 0.5) is 5.13 Å². The minimum absolute atomic E-state index is 0.104. The Balaban J connectivity index is 1.18. The summed E-state index contributed by atoms with van der Waals surface area (Å²) in [6.45, 7) is 7.70. The van der Waals surface area contributed by atoms with Gasteiger partial charge >= 0.3 is 5.97 Å². The molecule has 2 saturated heterocycles. The fourth-order valence-electron chi connectivity index (χ4n) is 6.13. The summed E-state index contributed by atoms with van der Waals surface area (Å²) in [5, 5.41) is 12.7. The summed E-state index contributed by atoms with van der Waals surface area (Å²) in [5.74, 6) is 0.420. The van der Waals surface area contributed by atoms with Crippen LogP contribution in [0.25, 0.3) is 11.3 Å². The van der Waals surface area contributed by atoms with Gasteiger partial charge in [0.05, 0.1) is 11.6 Å². The lowest BCUT2D eigenvalue weighted by Gasteiger charge is -2.35. The number of aryl methyl sites for hydroxylation is 2. The lowest BCUT2D eigenvalue weighted by Crippen LogP contribution is -2.44. The number of hydrogen-bond donors (Lipinski definition) is 1. The van der Waals surface area contributed by atoms with Crippen molar-refractivity contribution in [3.05, 3.63) is 64.0 Å². The molecule has 38 heavy (non-hydrogen) atoms. The molecule has 0 radical (unpaired) electrons. The number of carboxylic acid groups (broad SMARTS) is 1. The third-order valence-corrected chi connectivity index (χ3v) is 9.31. The van der Waals surface area contributed by atoms with Crippen molar-refractivity contribution in [1.82, 2.24) is 9.88 Å². The van der Waals surface area contributed by atoms with E-state index in [1.807, 2.05) is 42.2 Å². The first-order valence-corrected chi connectivity index (χ1v) is 14.3. The van der Waals surface area contributed by atoms with E-state index in [0.717, 1.165) is 89.8 Å². The van der Waals surface area contributed by atoms with E-state index in [1.54, 1.807) is 11.3 Å². The summed E-state index contributed by atoms with van der Waals surface area (Å²) in [6.07, 6.45) is 3.05.